The second-order valence-corrected chi connectivity index (χ2v) is 6.81. The van der Waals surface area contributed by atoms with Gasteiger partial charge in [0, 0.05) is 37.2 Å². The summed E-state index contributed by atoms with van der Waals surface area (Å²) in [4.78, 5) is 2.41. The van der Waals surface area contributed by atoms with E-state index in [4.69, 9.17) is 18.7 Å². The van der Waals surface area contributed by atoms with Gasteiger partial charge < -0.3 is 18.7 Å². The first kappa shape index (κ1) is 16.2. The van der Waals surface area contributed by atoms with Gasteiger partial charge in [0.1, 0.15) is 17.2 Å². The molecule has 5 rings (SSSR count). The molecular formula is C21H20N2O4. The van der Waals surface area contributed by atoms with Crippen LogP contribution in [0.15, 0.2) is 47.0 Å². The molecule has 2 aromatic carbocycles. The lowest BCUT2D eigenvalue weighted by Crippen LogP contribution is -2.29. The molecule has 6 nitrogen and oxygen atoms in total. The van der Waals surface area contributed by atoms with E-state index in [-0.39, 0.29) is 6.79 Å². The van der Waals surface area contributed by atoms with Gasteiger partial charge in [0.15, 0.2) is 11.5 Å². The quantitative estimate of drug-likeness (QED) is 0.705. The van der Waals surface area contributed by atoms with Crippen molar-refractivity contribution in [3.63, 3.8) is 0 Å². The molecule has 0 saturated heterocycles. The van der Waals surface area contributed by atoms with Gasteiger partial charge >= 0.3 is 0 Å². The highest BCUT2D eigenvalue weighted by Gasteiger charge is 2.26. The molecular weight excluding hydrogens is 344 g/mol. The van der Waals surface area contributed by atoms with Crippen LogP contribution in [-0.4, -0.2) is 30.5 Å². The molecule has 0 amide bonds. The summed E-state index contributed by atoms with van der Waals surface area (Å²) in [7, 11) is 1.69. The molecule has 6 heteroatoms. The Morgan fingerprint density at radius 1 is 1.07 bits per heavy atom. The largest absolute Gasteiger partial charge is 0.497 e. The van der Waals surface area contributed by atoms with Crippen molar-refractivity contribution in [2.24, 2.45) is 0 Å². The first-order chi connectivity index (χ1) is 13.3. The third-order valence-electron chi connectivity index (χ3n) is 5.12. The van der Waals surface area contributed by atoms with Crippen LogP contribution in [0.3, 0.4) is 0 Å². The predicted molar refractivity (Wildman–Crippen MR) is 98.9 cm³/mol. The number of ether oxygens (including phenoxy) is 3. The Kier molecular flexibility index (Phi) is 3.98. The van der Waals surface area contributed by atoms with Crippen LogP contribution in [0.1, 0.15) is 16.9 Å². The summed E-state index contributed by atoms with van der Waals surface area (Å²) in [6.07, 6.45) is 0.864. The minimum atomic E-state index is 0.269. The number of methoxy groups -OCH3 is 1. The molecule has 27 heavy (non-hydrogen) atoms. The van der Waals surface area contributed by atoms with Crippen molar-refractivity contribution in [2.45, 2.75) is 19.5 Å². The summed E-state index contributed by atoms with van der Waals surface area (Å²) in [5.41, 5.74) is 4.31. The van der Waals surface area contributed by atoms with E-state index in [9.17, 15) is 0 Å². The first-order valence-electron chi connectivity index (χ1n) is 9.03. The van der Waals surface area contributed by atoms with Gasteiger partial charge in [-0.25, -0.2) is 0 Å². The van der Waals surface area contributed by atoms with Crippen molar-refractivity contribution < 1.29 is 18.7 Å². The van der Waals surface area contributed by atoms with Gasteiger partial charge in [-0.2, -0.15) is 0 Å². The topological polar surface area (TPSA) is 57.0 Å². The number of hydrogen-bond acceptors (Lipinski definition) is 6. The Morgan fingerprint density at radius 2 is 1.93 bits per heavy atom. The zero-order valence-corrected chi connectivity index (χ0v) is 15.1. The van der Waals surface area contributed by atoms with E-state index in [2.05, 4.69) is 22.2 Å². The number of fused-ring (bicyclic) bond motifs is 2. The standard InChI is InChI=1S/C21H20N2O4/c1-24-16-5-2-14(3-6-16)11-23-9-8-18-17(12-23)21(22-27-18)15-4-7-19-20(10-15)26-13-25-19/h2-7,10H,8-9,11-13H2,1H3. The third-order valence-corrected chi connectivity index (χ3v) is 5.12. The first-order valence-corrected chi connectivity index (χ1v) is 9.03. The van der Waals surface area contributed by atoms with Crippen molar-refractivity contribution in [3.05, 3.63) is 59.4 Å². The van der Waals surface area contributed by atoms with Gasteiger partial charge in [0.2, 0.25) is 6.79 Å². The fourth-order valence-corrected chi connectivity index (χ4v) is 3.66. The van der Waals surface area contributed by atoms with Crippen molar-refractivity contribution in [3.8, 4) is 28.5 Å². The summed E-state index contributed by atoms with van der Waals surface area (Å²) >= 11 is 0. The second-order valence-electron chi connectivity index (χ2n) is 6.81. The van der Waals surface area contributed by atoms with Crippen LogP contribution in [0.2, 0.25) is 0 Å². The van der Waals surface area contributed by atoms with Crippen LogP contribution in [0, 0.1) is 0 Å². The molecule has 0 bridgehead atoms. The molecule has 0 unspecified atom stereocenters. The predicted octanol–water partition coefficient (Wildman–Crippen LogP) is 3.64. The highest BCUT2D eigenvalue weighted by atomic mass is 16.7. The van der Waals surface area contributed by atoms with Crippen molar-refractivity contribution >= 4 is 0 Å². The number of hydrogen-bond donors (Lipinski definition) is 0. The highest BCUT2D eigenvalue weighted by Crippen LogP contribution is 2.38. The molecule has 3 aromatic rings. The van der Waals surface area contributed by atoms with Crippen LogP contribution in [-0.2, 0) is 19.5 Å². The normalized spacial score (nSPS) is 15.6. The Labute approximate surface area is 157 Å². The summed E-state index contributed by atoms with van der Waals surface area (Å²) < 4.78 is 21.8. The van der Waals surface area contributed by atoms with Crippen molar-refractivity contribution in [1.82, 2.24) is 10.1 Å². The summed E-state index contributed by atoms with van der Waals surface area (Å²) in [6.45, 7) is 2.92. The van der Waals surface area contributed by atoms with E-state index in [0.717, 1.165) is 65.9 Å². The molecule has 3 heterocycles. The molecule has 0 fully saturated rings. The zero-order chi connectivity index (χ0) is 18.2. The van der Waals surface area contributed by atoms with E-state index < -0.39 is 0 Å². The van der Waals surface area contributed by atoms with E-state index in [1.165, 1.54) is 5.56 Å². The highest BCUT2D eigenvalue weighted by molar-refractivity contribution is 5.67. The number of benzene rings is 2. The maximum absolute atomic E-state index is 5.62. The minimum absolute atomic E-state index is 0.269. The van der Waals surface area contributed by atoms with Gasteiger partial charge in [-0.05, 0) is 35.9 Å². The van der Waals surface area contributed by atoms with Gasteiger partial charge in [-0.1, -0.05) is 17.3 Å². The molecule has 2 aliphatic heterocycles. The second kappa shape index (κ2) is 6.63. The van der Waals surface area contributed by atoms with Crippen LogP contribution < -0.4 is 14.2 Å². The van der Waals surface area contributed by atoms with Gasteiger partial charge in [-0.15, -0.1) is 0 Å². The van der Waals surface area contributed by atoms with E-state index in [1.54, 1.807) is 7.11 Å². The maximum Gasteiger partial charge on any atom is 0.231 e. The molecule has 2 aliphatic rings. The van der Waals surface area contributed by atoms with E-state index >= 15 is 0 Å². The fourth-order valence-electron chi connectivity index (χ4n) is 3.66. The summed E-state index contributed by atoms with van der Waals surface area (Å²) in [6, 6.07) is 14.1. The Morgan fingerprint density at radius 3 is 2.78 bits per heavy atom. The summed E-state index contributed by atoms with van der Waals surface area (Å²) in [5, 5.41) is 4.34. The fraction of sp³-hybridized carbons (Fsp3) is 0.286. The lowest BCUT2D eigenvalue weighted by Gasteiger charge is -2.26. The molecule has 0 saturated carbocycles. The molecule has 0 spiro atoms. The van der Waals surface area contributed by atoms with Gasteiger partial charge in [-0.3, -0.25) is 4.90 Å². The summed E-state index contributed by atoms with van der Waals surface area (Å²) in [5.74, 6) is 3.39. The van der Waals surface area contributed by atoms with Crippen LogP contribution in [0.4, 0.5) is 0 Å². The molecule has 0 aliphatic carbocycles. The Hall–Kier alpha value is -2.99. The van der Waals surface area contributed by atoms with Crippen LogP contribution in [0.25, 0.3) is 11.3 Å². The smallest absolute Gasteiger partial charge is 0.231 e. The van der Waals surface area contributed by atoms with Gasteiger partial charge in [0.05, 0.1) is 7.11 Å². The Bertz CT molecular complexity index is 965. The van der Waals surface area contributed by atoms with E-state index in [1.807, 2.05) is 30.3 Å². The maximum atomic E-state index is 5.62. The SMILES string of the molecule is COc1ccc(CN2CCc3onc(-c4ccc5c(c4)OCO5)c3C2)cc1. The van der Waals surface area contributed by atoms with E-state index in [0.29, 0.717) is 0 Å². The number of aromatic nitrogens is 1. The Balaban J connectivity index is 1.38. The molecule has 0 radical (unpaired) electrons. The average Bonchev–Trinajstić information content (AvgIpc) is 3.34. The van der Waals surface area contributed by atoms with Gasteiger partial charge in [0.25, 0.3) is 0 Å². The lowest BCUT2D eigenvalue weighted by molar-refractivity contribution is 0.174. The minimum Gasteiger partial charge on any atom is -0.497 e. The zero-order valence-electron chi connectivity index (χ0n) is 15.1. The molecule has 0 N–H and O–H groups in total. The monoisotopic (exact) mass is 364 g/mol. The van der Waals surface area contributed by atoms with Crippen molar-refractivity contribution in [1.29, 1.82) is 0 Å². The molecule has 138 valence electrons. The number of nitrogens with zero attached hydrogens (tertiary/aromatic N) is 2. The van der Waals surface area contributed by atoms with Crippen LogP contribution >= 0.6 is 0 Å². The third kappa shape index (κ3) is 3.02. The number of rotatable bonds is 4. The molecule has 1 aromatic heterocycles. The molecule has 0 atom stereocenters. The van der Waals surface area contributed by atoms with Crippen LogP contribution in [0.5, 0.6) is 17.2 Å². The average molecular weight is 364 g/mol. The lowest BCUT2D eigenvalue weighted by atomic mass is 10.0. The van der Waals surface area contributed by atoms with Crippen molar-refractivity contribution in [2.75, 3.05) is 20.4 Å².